The van der Waals surface area contributed by atoms with Crippen molar-refractivity contribution in [1.82, 2.24) is 5.17 Å². The topological polar surface area (TPSA) is 24.5 Å². The molecule has 33 heavy (non-hydrogen) atoms. The third-order valence-corrected chi connectivity index (χ3v) is 7.04. The van der Waals surface area contributed by atoms with Gasteiger partial charge in [-0.05, 0) is 88.5 Å². The number of hydrogen-bond acceptors (Lipinski definition) is 3. The second kappa shape index (κ2) is 10.4. The molecule has 0 amide bonds. The van der Waals surface area contributed by atoms with Gasteiger partial charge in [-0.3, -0.25) is 5.43 Å². The summed E-state index contributed by atoms with van der Waals surface area (Å²) in [6.07, 6.45) is 11.2. The fourth-order valence-electron chi connectivity index (χ4n) is 5.21. The molecule has 3 rings (SSSR count). The van der Waals surface area contributed by atoms with Gasteiger partial charge in [0.05, 0.1) is 11.4 Å². The van der Waals surface area contributed by atoms with E-state index in [0.29, 0.717) is 23.5 Å². The highest BCUT2D eigenvalue weighted by atomic mass is 16.7. The van der Waals surface area contributed by atoms with Crippen LogP contribution in [0.1, 0.15) is 66.9 Å². The first kappa shape index (κ1) is 24.8. The van der Waals surface area contributed by atoms with Crippen LogP contribution in [0, 0.1) is 41.9 Å². The Labute approximate surface area is 201 Å². The molecule has 0 spiro atoms. The quantitative estimate of drug-likeness (QED) is 0.200. The number of hydroxylamine groups is 1. The van der Waals surface area contributed by atoms with E-state index in [1.807, 2.05) is 25.1 Å². The summed E-state index contributed by atoms with van der Waals surface area (Å²) in [5.41, 5.74) is 9.60. The molecule has 1 saturated carbocycles. The molecule has 1 aromatic carbocycles. The van der Waals surface area contributed by atoms with Crippen LogP contribution in [0.5, 0.6) is 0 Å². The Balaban J connectivity index is 2.07. The average molecular weight is 445 g/mol. The number of aryl methyl sites for hydroxylation is 1. The average Bonchev–Trinajstić information content (AvgIpc) is 3.04. The summed E-state index contributed by atoms with van der Waals surface area (Å²) < 4.78 is 0. The molecule has 1 aromatic rings. The van der Waals surface area contributed by atoms with E-state index in [1.54, 1.807) is 0 Å². The molecule has 0 heterocycles. The van der Waals surface area contributed by atoms with Crippen molar-refractivity contribution >= 4 is 5.69 Å². The van der Waals surface area contributed by atoms with Crippen LogP contribution in [0.15, 0.2) is 71.2 Å². The standard InChI is InChI=1S/C30H40N2O/c1-9-12-26(17-21(4)10-2)33-32(31-25-15-13-22(5)14-16-25)28-19-23(6)18-27-29(28)24(11-3)20-30(27,7)8/h10,13-19,24,27,29,31H,11,20H2,1-8H3/b21-10-,26-17+. The number of fused-ring (bicyclic) bond motifs is 1. The van der Waals surface area contributed by atoms with Gasteiger partial charge in [0.25, 0.3) is 0 Å². The van der Waals surface area contributed by atoms with Crippen molar-refractivity contribution < 1.29 is 4.84 Å². The molecule has 2 aliphatic carbocycles. The van der Waals surface area contributed by atoms with Crippen molar-refractivity contribution in [2.75, 3.05) is 5.43 Å². The molecule has 3 unspecified atom stereocenters. The molecule has 3 heteroatoms. The highest BCUT2D eigenvalue weighted by Gasteiger charge is 2.50. The van der Waals surface area contributed by atoms with Crippen molar-refractivity contribution in [1.29, 1.82) is 0 Å². The zero-order chi connectivity index (χ0) is 24.2. The molecular weight excluding hydrogens is 404 g/mol. The fraction of sp³-hybridized carbons (Fsp3) is 0.467. The minimum Gasteiger partial charge on any atom is -0.350 e. The molecule has 1 N–H and O–H groups in total. The lowest BCUT2D eigenvalue weighted by molar-refractivity contribution is -0.0724. The Morgan fingerprint density at radius 2 is 1.94 bits per heavy atom. The smallest absolute Gasteiger partial charge is 0.208 e. The maximum Gasteiger partial charge on any atom is 0.208 e. The third kappa shape index (κ3) is 5.74. The highest BCUT2D eigenvalue weighted by molar-refractivity contribution is 5.45. The van der Waals surface area contributed by atoms with E-state index in [4.69, 9.17) is 4.84 Å². The van der Waals surface area contributed by atoms with Gasteiger partial charge >= 0.3 is 0 Å². The first-order valence-corrected chi connectivity index (χ1v) is 12.2. The summed E-state index contributed by atoms with van der Waals surface area (Å²) in [5, 5.41) is 1.88. The number of nitrogens with one attached hydrogen (secondary N) is 1. The lowest BCUT2D eigenvalue weighted by Gasteiger charge is -2.38. The molecule has 0 bridgehead atoms. The van der Waals surface area contributed by atoms with Crippen LogP contribution in [0.3, 0.4) is 0 Å². The molecule has 0 aromatic heterocycles. The van der Waals surface area contributed by atoms with Gasteiger partial charge in [0.1, 0.15) is 0 Å². The number of rotatable bonds is 7. The first-order chi connectivity index (χ1) is 15.7. The number of anilines is 1. The summed E-state index contributed by atoms with van der Waals surface area (Å²) in [4.78, 5) is 6.53. The van der Waals surface area contributed by atoms with Crippen molar-refractivity contribution in [2.45, 2.75) is 68.2 Å². The van der Waals surface area contributed by atoms with Gasteiger partial charge in [-0.1, -0.05) is 74.1 Å². The van der Waals surface area contributed by atoms with Gasteiger partial charge in [0.15, 0.2) is 0 Å². The summed E-state index contributed by atoms with van der Waals surface area (Å²) >= 11 is 0. The Kier molecular flexibility index (Phi) is 7.80. The molecule has 0 radical (unpaired) electrons. The fourth-order valence-corrected chi connectivity index (χ4v) is 5.21. The number of nitrogens with zero attached hydrogens (tertiary/aromatic N) is 1. The number of allylic oxidation sites excluding steroid dienone is 8. The third-order valence-electron chi connectivity index (χ3n) is 7.04. The van der Waals surface area contributed by atoms with E-state index in [9.17, 15) is 0 Å². The van der Waals surface area contributed by atoms with E-state index in [2.05, 4.69) is 101 Å². The van der Waals surface area contributed by atoms with Crippen LogP contribution in [0.25, 0.3) is 0 Å². The normalized spacial score (nSPS) is 24.2. The molecule has 3 nitrogen and oxygen atoms in total. The molecule has 176 valence electrons. The molecule has 3 atom stereocenters. The Hall–Kier alpha value is -2.86. The number of hydrazine groups is 1. The van der Waals surface area contributed by atoms with Gasteiger partial charge in [-0.15, -0.1) is 5.17 Å². The molecule has 2 aliphatic rings. The van der Waals surface area contributed by atoms with E-state index in [1.165, 1.54) is 23.3 Å². The minimum atomic E-state index is 0.255. The summed E-state index contributed by atoms with van der Waals surface area (Å²) in [6.45, 7) is 17.4. The van der Waals surface area contributed by atoms with Gasteiger partial charge in [0.2, 0.25) is 5.76 Å². The largest absolute Gasteiger partial charge is 0.350 e. The van der Waals surface area contributed by atoms with Crippen molar-refractivity contribution in [2.24, 2.45) is 23.2 Å². The van der Waals surface area contributed by atoms with E-state index >= 15 is 0 Å². The molecule has 1 fully saturated rings. The second-order valence-electron chi connectivity index (χ2n) is 10.2. The van der Waals surface area contributed by atoms with Crippen LogP contribution in [-0.4, -0.2) is 5.17 Å². The predicted octanol–water partition coefficient (Wildman–Crippen LogP) is 7.96. The minimum absolute atomic E-state index is 0.255. The van der Waals surface area contributed by atoms with E-state index in [-0.39, 0.29) is 5.41 Å². The van der Waals surface area contributed by atoms with Crippen molar-refractivity contribution in [3.63, 3.8) is 0 Å². The van der Waals surface area contributed by atoms with Crippen LogP contribution in [-0.2, 0) is 4.84 Å². The van der Waals surface area contributed by atoms with Gasteiger partial charge in [-0.25, -0.2) is 0 Å². The lowest BCUT2D eigenvalue weighted by atomic mass is 9.74. The highest BCUT2D eigenvalue weighted by Crippen LogP contribution is 2.56. The summed E-state index contributed by atoms with van der Waals surface area (Å²) in [6, 6.07) is 8.42. The van der Waals surface area contributed by atoms with E-state index < -0.39 is 0 Å². The molecule has 0 saturated heterocycles. The van der Waals surface area contributed by atoms with Crippen LogP contribution in [0.4, 0.5) is 5.69 Å². The summed E-state index contributed by atoms with van der Waals surface area (Å²) in [5.74, 6) is 8.27. The maximum atomic E-state index is 6.53. The van der Waals surface area contributed by atoms with Crippen molar-refractivity contribution in [3.8, 4) is 11.8 Å². The van der Waals surface area contributed by atoms with Crippen LogP contribution < -0.4 is 5.43 Å². The van der Waals surface area contributed by atoms with Gasteiger partial charge in [0, 0.05) is 5.92 Å². The Morgan fingerprint density at radius 1 is 1.24 bits per heavy atom. The first-order valence-electron chi connectivity index (χ1n) is 12.2. The van der Waals surface area contributed by atoms with Crippen LogP contribution in [0.2, 0.25) is 0 Å². The van der Waals surface area contributed by atoms with Gasteiger partial charge in [-0.2, -0.15) is 0 Å². The zero-order valence-corrected chi connectivity index (χ0v) is 21.6. The number of benzene rings is 1. The van der Waals surface area contributed by atoms with Crippen LogP contribution >= 0.6 is 0 Å². The molecular formula is C30H40N2O. The zero-order valence-electron chi connectivity index (χ0n) is 21.6. The van der Waals surface area contributed by atoms with Crippen molar-refractivity contribution in [3.05, 3.63) is 76.7 Å². The summed E-state index contributed by atoms with van der Waals surface area (Å²) in [7, 11) is 0. The SMILES string of the molecule is CC#C/C(=C\C(C)=C/C)ON(Nc1ccc(C)cc1)C1=CC(C)=CC2C1C(CC)CC2(C)C. The predicted molar refractivity (Wildman–Crippen MR) is 140 cm³/mol. The number of hydrogen-bond donors (Lipinski definition) is 1. The van der Waals surface area contributed by atoms with Gasteiger partial charge < -0.3 is 4.84 Å². The lowest BCUT2D eigenvalue weighted by Crippen LogP contribution is -2.37. The monoisotopic (exact) mass is 444 g/mol. The Bertz CT molecular complexity index is 1030. The Morgan fingerprint density at radius 3 is 2.55 bits per heavy atom. The molecule has 0 aliphatic heterocycles. The van der Waals surface area contributed by atoms with E-state index in [0.717, 1.165) is 17.7 Å². The second-order valence-corrected chi connectivity index (χ2v) is 10.2. The maximum absolute atomic E-state index is 6.53.